The van der Waals surface area contributed by atoms with E-state index < -0.39 is 0 Å². The zero-order valence-electron chi connectivity index (χ0n) is 11.1. The molecule has 2 aromatic rings. The van der Waals surface area contributed by atoms with Gasteiger partial charge in [0.2, 0.25) is 0 Å². The van der Waals surface area contributed by atoms with Gasteiger partial charge in [0.15, 0.2) is 0 Å². The predicted octanol–water partition coefficient (Wildman–Crippen LogP) is 6.51. The second-order valence-corrected chi connectivity index (χ2v) is 7.32. The first kappa shape index (κ1) is 17.5. The van der Waals surface area contributed by atoms with E-state index in [2.05, 4.69) is 53.9 Å². The lowest BCUT2D eigenvalue weighted by Crippen LogP contribution is -2.33. The van der Waals surface area contributed by atoms with Crippen LogP contribution in [0.25, 0.3) is 0 Å². The van der Waals surface area contributed by atoms with Gasteiger partial charge < -0.3 is 0 Å². The molecule has 0 saturated carbocycles. The minimum Gasteiger partial charge on any atom is -0.207 e. The topological polar surface area (TPSA) is 0 Å². The van der Waals surface area contributed by atoms with Crippen LogP contribution in [-0.4, -0.2) is 10.7 Å². The van der Waals surface area contributed by atoms with E-state index >= 15 is 0 Å². The first-order chi connectivity index (χ1) is 10.0. The van der Waals surface area contributed by atoms with Gasteiger partial charge in [-0.3, -0.25) is 0 Å². The van der Waals surface area contributed by atoms with E-state index in [1.54, 1.807) is 6.07 Å². The molecule has 2 rings (SSSR count). The van der Waals surface area contributed by atoms with E-state index in [1.165, 1.54) is 17.7 Å². The van der Waals surface area contributed by atoms with Crippen molar-refractivity contribution in [2.24, 2.45) is 0 Å². The zero-order chi connectivity index (χ0) is 15.5. The number of rotatable bonds is 5. The number of hydrogen-bond donors (Lipinski definition) is 0. The van der Waals surface area contributed by atoms with Crippen LogP contribution in [-0.2, 0) is 11.8 Å². The van der Waals surface area contributed by atoms with Crippen LogP contribution >= 0.6 is 59.4 Å². The van der Waals surface area contributed by atoms with Gasteiger partial charge in [-0.15, -0.1) is 0 Å². The summed E-state index contributed by atoms with van der Waals surface area (Å²) in [6.07, 6.45) is 0.714. The third kappa shape index (κ3) is 3.90. The van der Waals surface area contributed by atoms with E-state index in [1.807, 2.05) is 18.2 Å². The number of hydrogen-bond acceptors (Lipinski definition) is 0. The molecule has 0 N–H and O–H groups in total. The first-order valence-corrected chi connectivity index (χ1v) is 9.74. The maximum Gasteiger partial charge on any atom is 0.124 e. The molecule has 0 radical (unpaired) electrons. The molecule has 0 saturated heterocycles. The second-order valence-electron chi connectivity index (χ2n) is 4.94. The monoisotopic (exact) mass is 496 g/mol. The summed E-state index contributed by atoms with van der Waals surface area (Å²) in [6, 6.07) is 12.7. The van der Waals surface area contributed by atoms with Gasteiger partial charge in [-0.25, -0.2) is 4.39 Å². The molecule has 0 atom stereocenters. The van der Waals surface area contributed by atoms with Crippen LogP contribution in [0.2, 0.25) is 5.02 Å². The predicted molar refractivity (Wildman–Crippen MR) is 98.5 cm³/mol. The third-order valence-electron chi connectivity index (χ3n) is 3.50. The van der Waals surface area contributed by atoms with E-state index in [4.69, 9.17) is 11.6 Å². The lowest BCUT2D eigenvalue weighted by atomic mass is 9.79. The van der Waals surface area contributed by atoms with Crippen LogP contribution in [0, 0.1) is 5.82 Å². The van der Waals surface area contributed by atoms with Crippen LogP contribution in [0.1, 0.15) is 11.1 Å². The fourth-order valence-corrected chi connectivity index (χ4v) is 5.16. The molecule has 112 valence electrons. The fourth-order valence-electron chi connectivity index (χ4n) is 2.29. The van der Waals surface area contributed by atoms with Crippen molar-refractivity contribution in [2.75, 3.05) is 10.7 Å². The molecule has 0 aliphatic rings. The smallest absolute Gasteiger partial charge is 0.124 e. The van der Waals surface area contributed by atoms with Crippen LogP contribution in [0.4, 0.5) is 4.39 Å². The maximum absolute atomic E-state index is 13.2. The summed E-state index contributed by atoms with van der Waals surface area (Å²) in [5.74, 6) is -0.312. The lowest BCUT2D eigenvalue weighted by molar-refractivity contribution is 0.547. The molecule has 0 spiro atoms. The van der Waals surface area contributed by atoms with Gasteiger partial charge in [-0.2, -0.15) is 0 Å². The number of alkyl halides is 2. The summed E-state index contributed by atoms with van der Waals surface area (Å²) in [5, 5.41) is 2.00. The minimum absolute atomic E-state index is 0.165. The van der Waals surface area contributed by atoms with Gasteiger partial charge in [0.25, 0.3) is 0 Å². The minimum atomic E-state index is -0.312. The Morgan fingerprint density at radius 3 is 2.29 bits per heavy atom. The van der Waals surface area contributed by atoms with Crippen molar-refractivity contribution in [3.63, 3.8) is 0 Å². The quantitative estimate of drug-likeness (QED) is 0.412. The number of benzene rings is 2. The average Bonchev–Trinajstić information content (AvgIpc) is 2.48. The Labute approximate surface area is 154 Å². The van der Waals surface area contributed by atoms with Crippen LogP contribution in [0.5, 0.6) is 0 Å². The van der Waals surface area contributed by atoms with E-state index in [9.17, 15) is 4.39 Å². The SMILES string of the molecule is Fc1ccc(CC(CBr)(CBr)c2ccccc2Br)c(Cl)c1. The van der Waals surface area contributed by atoms with E-state index in [-0.39, 0.29) is 11.2 Å². The Kier molecular flexibility index (Phi) is 6.30. The summed E-state index contributed by atoms with van der Waals surface area (Å²) in [4.78, 5) is 0. The summed E-state index contributed by atoms with van der Waals surface area (Å²) in [6.45, 7) is 0. The standard InChI is InChI=1S/C16H13Br3ClF/c17-9-16(10-18,13-3-1-2-4-14(13)19)8-11-5-6-12(21)7-15(11)20/h1-7H,8-10H2. The fraction of sp³-hybridized carbons (Fsp3) is 0.250. The van der Waals surface area contributed by atoms with Crippen LogP contribution < -0.4 is 0 Å². The largest absolute Gasteiger partial charge is 0.207 e. The normalized spacial score (nSPS) is 11.7. The van der Waals surface area contributed by atoms with Crippen LogP contribution in [0.3, 0.4) is 0 Å². The highest BCUT2D eigenvalue weighted by Gasteiger charge is 2.32. The molecule has 0 aliphatic carbocycles. The van der Waals surface area contributed by atoms with E-state index in [0.29, 0.717) is 11.4 Å². The molecule has 0 aromatic heterocycles. The van der Waals surface area contributed by atoms with Crippen molar-refractivity contribution in [2.45, 2.75) is 11.8 Å². The van der Waals surface area contributed by atoms with Gasteiger partial charge in [0.1, 0.15) is 5.82 Å². The molecule has 0 fully saturated rings. The van der Waals surface area contributed by atoms with Gasteiger partial charge in [0, 0.05) is 25.6 Å². The molecule has 21 heavy (non-hydrogen) atoms. The zero-order valence-corrected chi connectivity index (χ0v) is 16.6. The summed E-state index contributed by atoms with van der Waals surface area (Å²) in [5.41, 5.74) is 1.97. The van der Waals surface area contributed by atoms with Gasteiger partial charge in [0.05, 0.1) is 0 Å². The molecule has 0 amide bonds. The highest BCUT2D eigenvalue weighted by atomic mass is 79.9. The van der Waals surface area contributed by atoms with Gasteiger partial charge in [-0.05, 0) is 35.7 Å². The molecular formula is C16H13Br3ClF. The highest BCUT2D eigenvalue weighted by Crippen LogP contribution is 2.38. The first-order valence-electron chi connectivity index (χ1n) is 6.33. The Morgan fingerprint density at radius 2 is 1.71 bits per heavy atom. The van der Waals surface area contributed by atoms with Crippen molar-refractivity contribution >= 4 is 59.4 Å². The third-order valence-corrected chi connectivity index (χ3v) is 6.69. The molecule has 0 nitrogen and oxygen atoms in total. The molecule has 0 bridgehead atoms. The molecular weight excluding hydrogens is 486 g/mol. The number of halogens is 5. The molecule has 0 aliphatic heterocycles. The van der Waals surface area contributed by atoms with Crippen molar-refractivity contribution in [1.29, 1.82) is 0 Å². The highest BCUT2D eigenvalue weighted by molar-refractivity contribution is 9.10. The molecule has 0 unspecified atom stereocenters. The molecule has 0 heterocycles. The van der Waals surface area contributed by atoms with Crippen molar-refractivity contribution in [3.05, 3.63) is 68.9 Å². The Bertz CT molecular complexity index is 627. The Hall–Kier alpha value is 0.1000. The average molecular weight is 499 g/mol. The lowest BCUT2D eigenvalue weighted by Gasteiger charge is -2.32. The summed E-state index contributed by atoms with van der Waals surface area (Å²) in [7, 11) is 0. The summed E-state index contributed by atoms with van der Waals surface area (Å²) >= 11 is 17.1. The van der Waals surface area contributed by atoms with E-state index in [0.717, 1.165) is 20.7 Å². The van der Waals surface area contributed by atoms with Gasteiger partial charge >= 0.3 is 0 Å². The molecule has 2 aromatic carbocycles. The Balaban J connectivity index is 2.46. The Morgan fingerprint density at radius 1 is 1.05 bits per heavy atom. The maximum atomic E-state index is 13.2. The van der Waals surface area contributed by atoms with Crippen LogP contribution in [0.15, 0.2) is 46.9 Å². The van der Waals surface area contributed by atoms with Crippen molar-refractivity contribution < 1.29 is 4.39 Å². The summed E-state index contributed by atoms with van der Waals surface area (Å²) < 4.78 is 14.3. The van der Waals surface area contributed by atoms with Gasteiger partial charge in [-0.1, -0.05) is 83.7 Å². The second kappa shape index (κ2) is 7.58. The molecule has 5 heteroatoms. The van der Waals surface area contributed by atoms with Crippen molar-refractivity contribution in [1.82, 2.24) is 0 Å². The van der Waals surface area contributed by atoms with Crippen molar-refractivity contribution in [3.8, 4) is 0 Å².